The third-order valence-corrected chi connectivity index (χ3v) is 7.08. The molecule has 2 aromatic carbocycles. The zero-order valence-electron chi connectivity index (χ0n) is 17.8. The number of halogens is 4. The van der Waals surface area contributed by atoms with Gasteiger partial charge >= 0.3 is 0 Å². The van der Waals surface area contributed by atoms with Gasteiger partial charge in [-0.05, 0) is 60.0 Å². The molecule has 0 amide bonds. The van der Waals surface area contributed by atoms with E-state index in [-0.39, 0.29) is 5.56 Å². The van der Waals surface area contributed by atoms with Crippen LogP contribution >= 0.6 is 22.7 Å². The molecular weight excluding hydrogens is 482 g/mol. The summed E-state index contributed by atoms with van der Waals surface area (Å²) in [6, 6.07) is 8.70. The first-order valence-electron chi connectivity index (χ1n) is 10.3. The molecule has 172 valence electrons. The summed E-state index contributed by atoms with van der Waals surface area (Å²) in [7, 11) is 0. The molecule has 8 heteroatoms. The Bertz CT molecular complexity index is 1410. The largest absolute Gasteiger partial charge is 0.411 e. The van der Waals surface area contributed by atoms with Gasteiger partial charge in [0.2, 0.25) is 0 Å². The molecule has 1 N–H and O–H groups in total. The first-order chi connectivity index (χ1) is 16.4. The van der Waals surface area contributed by atoms with Crippen LogP contribution in [0.3, 0.4) is 0 Å². The maximum absolute atomic E-state index is 14.3. The molecular formula is C26H17F4NOS2. The van der Waals surface area contributed by atoms with Gasteiger partial charge in [0.25, 0.3) is 0 Å². The number of aryl methyl sites for hydroxylation is 1. The monoisotopic (exact) mass is 499 g/mol. The van der Waals surface area contributed by atoms with Crippen LogP contribution in [0.5, 0.6) is 0 Å². The predicted molar refractivity (Wildman–Crippen MR) is 131 cm³/mol. The van der Waals surface area contributed by atoms with Gasteiger partial charge in [-0.25, -0.2) is 17.6 Å². The van der Waals surface area contributed by atoms with Crippen LogP contribution in [0.25, 0.3) is 21.6 Å². The van der Waals surface area contributed by atoms with Crippen LogP contribution in [-0.2, 0) is 6.42 Å². The summed E-state index contributed by atoms with van der Waals surface area (Å²) >= 11 is 2.85. The van der Waals surface area contributed by atoms with Gasteiger partial charge in [-0.1, -0.05) is 36.4 Å². The second-order valence-electron chi connectivity index (χ2n) is 7.40. The van der Waals surface area contributed by atoms with Crippen molar-refractivity contribution in [3.63, 3.8) is 0 Å². The number of rotatable bonds is 5. The van der Waals surface area contributed by atoms with Crippen molar-refractivity contribution in [3.05, 3.63) is 91.7 Å². The van der Waals surface area contributed by atoms with Crippen LogP contribution in [0.15, 0.2) is 41.6 Å². The minimum absolute atomic E-state index is 0.240. The van der Waals surface area contributed by atoms with E-state index in [0.717, 1.165) is 32.8 Å². The average molecular weight is 500 g/mol. The minimum Gasteiger partial charge on any atom is -0.411 e. The number of benzene rings is 2. The normalized spacial score (nSPS) is 11.6. The molecule has 0 aliphatic heterocycles. The highest BCUT2D eigenvalue weighted by Gasteiger charge is 2.11. The Labute approximate surface area is 201 Å². The van der Waals surface area contributed by atoms with E-state index in [1.807, 2.05) is 19.1 Å². The Balaban J connectivity index is 1.53. The van der Waals surface area contributed by atoms with Crippen molar-refractivity contribution in [2.24, 2.45) is 5.16 Å². The van der Waals surface area contributed by atoms with Gasteiger partial charge in [0.05, 0.1) is 22.2 Å². The summed E-state index contributed by atoms with van der Waals surface area (Å²) in [5, 5.41) is 11.1. The lowest BCUT2D eigenvalue weighted by atomic mass is 10.1. The summed E-state index contributed by atoms with van der Waals surface area (Å²) in [6.07, 6.45) is 5.42. The molecule has 2 nitrogen and oxygen atoms in total. The summed E-state index contributed by atoms with van der Waals surface area (Å²) < 4.78 is 58.3. The molecule has 4 aromatic rings. The first kappa shape index (κ1) is 23.7. The summed E-state index contributed by atoms with van der Waals surface area (Å²) in [5.41, 5.74) is 0.278. The van der Waals surface area contributed by atoms with E-state index in [2.05, 4.69) is 17.0 Å². The van der Waals surface area contributed by atoms with Gasteiger partial charge in [-0.15, -0.1) is 22.7 Å². The third-order valence-electron chi connectivity index (χ3n) is 4.91. The fourth-order valence-corrected chi connectivity index (χ4v) is 5.52. The molecule has 0 spiro atoms. The standard InChI is InChI=1S/C26H17F4NOS2/c1-2-3-15-8-21(27)19(22(28)9-15)7-6-18-13-26-25(34-18)12-17(33-26)5-4-16-10-23(29)20(14-31-32)24(30)11-16/h4-5,8-14,32H,2-3H2,1H3/b5-4+,31-14+. The molecule has 0 aliphatic rings. The van der Waals surface area contributed by atoms with Crippen molar-refractivity contribution < 1.29 is 22.8 Å². The molecule has 0 atom stereocenters. The Morgan fingerprint density at radius 3 is 2.15 bits per heavy atom. The number of hydrogen-bond donors (Lipinski definition) is 1. The zero-order valence-corrected chi connectivity index (χ0v) is 19.5. The van der Waals surface area contributed by atoms with Gasteiger partial charge in [-0.3, -0.25) is 0 Å². The summed E-state index contributed by atoms with van der Waals surface area (Å²) in [5.74, 6) is 2.46. The summed E-state index contributed by atoms with van der Waals surface area (Å²) in [6.45, 7) is 1.94. The highest BCUT2D eigenvalue weighted by Crippen LogP contribution is 2.34. The van der Waals surface area contributed by atoms with E-state index < -0.39 is 28.8 Å². The van der Waals surface area contributed by atoms with Gasteiger partial charge in [0.1, 0.15) is 23.3 Å². The smallest absolute Gasteiger partial charge is 0.142 e. The molecule has 0 fully saturated rings. The quantitative estimate of drug-likeness (QED) is 0.0980. The predicted octanol–water partition coefficient (Wildman–Crippen LogP) is 7.85. The number of fused-ring (bicyclic) bond motifs is 1. The highest BCUT2D eigenvalue weighted by molar-refractivity contribution is 7.28. The molecule has 0 bridgehead atoms. The van der Waals surface area contributed by atoms with E-state index in [4.69, 9.17) is 5.21 Å². The SMILES string of the molecule is CCCc1cc(F)c(C#Cc2cc3sc(/C=C/c4cc(F)c(/C=N/O)c(F)c4)cc3s2)c(F)c1. The van der Waals surface area contributed by atoms with E-state index >= 15 is 0 Å². The fraction of sp³-hybridized carbons (Fsp3) is 0.115. The van der Waals surface area contributed by atoms with Crippen molar-refractivity contribution >= 4 is 50.4 Å². The second kappa shape index (κ2) is 10.2. The molecule has 0 saturated carbocycles. The Morgan fingerprint density at radius 1 is 0.853 bits per heavy atom. The van der Waals surface area contributed by atoms with Crippen molar-refractivity contribution in [1.29, 1.82) is 0 Å². The number of hydrogen-bond acceptors (Lipinski definition) is 4. The van der Waals surface area contributed by atoms with E-state index in [1.165, 1.54) is 34.8 Å². The molecule has 0 saturated heterocycles. The van der Waals surface area contributed by atoms with Crippen LogP contribution in [-0.4, -0.2) is 11.4 Å². The average Bonchev–Trinajstić information content (AvgIpc) is 3.33. The fourth-order valence-electron chi connectivity index (χ4n) is 3.36. The van der Waals surface area contributed by atoms with Crippen LogP contribution < -0.4 is 0 Å². The van der Waals surface area contributed by atoms with Crippen molar-refractivity contribution in [3.8, 4) is 11.8 Å². The van der Waals surface area contributed by atoms with Crippen LogP contribution in [0.2, 0.25) is 0 Å². The van der Waals surface area contributed by atoms with Gasteiger partial charge in [0, 0.05) is 14.3 Å². The van der Waals surface area contributed by atoms with Crippen molar-refractivity contribution in [1.82, 2.24) is 0 Å². The van der Waals surface area contributed by atoms with Crippen LogP contribution in [0.1, 0.15) is 45.4 Å². The lowest BCUT2D eigenvalue weighted by Gasteiger charge is -2.02. The van der Waals surface area contributed by atoms with E-state index in [9.17, 15) is 17.6 Å². The molecule has 0 radical (unpaired) electrons. The van der Waals surface area contributed by atoms with Gasteiger partial charge in [0.15, 0.2) is 0 Å². The van der Waals surface area contributed by atoms with Gasteiger partial charge < -0.3 is 5.21 Å². The molecule has 2 aromatic heterocycles. The summed E-state index contributed by atoms with van der Waals surface area (Å²) in [4.78, 5) is 1.55. The second-order valence-corrected chi connectivity index (χ2v) is 9.60. The highest BCUT2D eigenvalue weighted by atomic mass is 32.1. The van der Waals surface area contributed by atoms with Gasteiger partial charge in [-0.2, -0.15) is 0 Å². The lowest BCUT2D eigenvalue weighted by Crippen LogP contribution is -1.95. The van der Waals surface area contributed by atoms with E-state index in [1.54, 1.807) is 12.2 Å². The molecule has 0 aliphatic carbocycles. The topological polar surface area (TPSA) is 32.6 Å². The number of oxime groups is 1. The molecule has 2 heterocycles. The Hall–Kier alpha value is -3.41. The first-order valence-corrected chi connectivity index (χ1v) is 11.9. The Kier molecular flexibility index (Phi) is 7.15. The molecule has 4 rings (SSSR count). The maximum atomic E-state index is 14.3. The Morgan fingerprint density at radius 2 is 1.53 bits per heavy atom. The number of thiophene rings is 2. The van der Waals surface area contributed by atoms with E-state index in [0.29, 0.717) is 28.6 Å². The molecule has 34 heavy (non-hydrogen) atoms. The molecule has 0 unspecified atom stereocenters. The van der Waals surface area contributed by atoms with Crippen LogP contribution in [0, 0.1) is 35.1 Å². The minimum atomic E-state index is -0.833. The lowest BCUT2D eigenvalue weighted by molar-refractivity contribution is 0.321. The number of nitrogens with zero attached hydrogens (tertiary/aromatic N) is 1. The van der Waals surface area contributed by atoms with Crippen LogP contribution in [0.4, 0.5) is 17.6 Å². The van der Waals surface area contributed by atoms with Crippen molar-refractivity contribution in [2.75, 3.05) is 0 Å². The third kappa shape index (κ3) is 5.22. The zero-order chi connectivity index (χ0) is 24.2. The maximum Gasteiger partial charge on any atom is 0.142 e. The van der Waals surface area contributed by atoms with Crippen molar-refractivity contribution in [2.45, 2.75) is 19.8 Å².